The molecule has 2 rings (SSSR count). The zero-order valence-electron chi connectivity index (χ0n) is 9.39. The molecule has 1 unspecified atom stereocenters. The second-order valence-electron chi connectivity index (χ2n) is 4.02. The number of halogens is 2. The molecular weight excluding hydrogens is 324 g/mol. The molecule has 0 bridgehead atoms. The highest BCUT2D eigenvalue weighted by atomic mass is 79.9. The van der Waals surface area contributed by atoms with Crippen LogP contribution in [0, 0.1) is 0 Å². The van der Waals surface area contributed by atoms with Gasteiger partial charge in [-0.1, -0.05) is 0 Å². The Morgan fingerprint density at radius 2 is 2.35 bits per heavy atom. The van der Waals surface area contributed by atoms with Gasteiger partial charge in [-0.2, -0.15) is 0 Å². The van der Waals surface area contributed by atoms with Gasteiger partial charge in [0.05, 0.1) is 9.35 Å². The molecule has 2 N–H and O–H groups in total. The Kier molecular flexibility index (Phi) is 5.92. The summed E-state index contributed by atoms with van der Waals surface area (Å²) in [6, 6.07) is 2.11. The van der Waals surface area contributed by atoms with Gasteiger partial charge < -0.3 is 10.6 Å². The van der Waals surface area contributed by atoms with Crippen molar-refractivity contribution in [3.8, 4) is 0 Å². The second-order valence-corrected chi connectivity index (χ2v) is 6.31. The minimum atomic E-state index is 0. The van der Waals surface area contributed by atoms with E-state index in [1.54, 1.807) is 11.3 Å². The maximum absolute atomic E-state index is 12.2. The number of rotatable bonds is 2. The van der Waals surface area contributed by atoms with Gasteiger partial charge in [-0.15, -0.1) is 23.7 Å². The molecule has 1 aliphatic rings. The van der Waals surface area contributed by atoms with Crippen molar-refractivity contribution >= 4 is 45.6 Å². The lowest BCUT2D eigenvalue weighted by atomic mass is 10.0. The van der Waals surface area contributed by atoms with Crippen molar-refractivity contribution in [2.24, 2.45) is 5.73 Å². The highest BCUT2D eigenvalue weighted by Crippen LogP contribution is 2.24. The largest absolute Gasteiger partial charge is 0.334 e. The highest BCUT2D eigenvalue weighted by molar-refractivity contribution is 9.11. The summed E-state index contributed by atoms with van der Waals surface area (Å²) in [6.07, 6.45) is 3.31. The Morgan fingerprint density at radius 1 is 1.59 bits per heavy atom. The number of carbonyl (C=O) groups is 1. The van der Waals surface area contributed by atoms with Gasteiger partial charge in [0.1, 0.15) is 0 Å². The molecule has 1 fully saturated rings. The zero-order chi connectivity index (χ0) is 11.5. The summed E-state index contributed by atoms with van der Waals surface area (Å²) in [6.45, 7) is 1.41. The van der Waals surface area contributed by atoms with E-state index in [0.29, 0.717) is 6.54 Å². The van der Waals surface area contributed by atoms with E-state index >= 15 is 0 Å². The molecule has 1 aromatic rings. The number of hydrogen-bond acceptors (Lipinski definition) is 3. The lowest BCUT2D eigenvalue weighted by Crippen LogP contribution is -2.47. The minimum Gasteiger partial charge on any atom is -0.334 e. The lowest BCUT2D eigenvalue weighted by molar-refractivity contribution is 0.0624. The van der Waals surface area contributed by atoms with Crippen LogP contribution in [-0.2, 0) is 0 Å². The quantitative estimate of drug-likeness (QED) is 0.900. The predicted octanol–water partition coefficient (Wildman–Crippen LogP) is 2.89. The number of likely N-dealkylation sites (tertiary alicyclic amines) is 1. The Hall–Kier alpha value is -0.100. The average molecular weight is 340 g/mol. The fraction of sp³-hybridized carbons (Fsp3) is 0.545. The van der Waals surface area contributed by atoms with Crippen molar-refractivity contribution in [2.75, 3.05) is 13.1 Å². The molecule has 1 amide bonds. The normalized spacial score (nSPS) is 19.9. The molecule has 0 spiro atoms. The molecule has 2 heterocycles. The lowest BCUT2D eigenvalue weighted by Gasteiger charge is -2.34. The molecule has 3 nitrogen and oxygen atoms in total. The predicted molar refractivity (Wildman–Crippen MR) is 77.0 cm³/mol. The van der Waals surface area contributed by atoms with Gasteiger partial charge >= 0.3 is 0 Å². The first-order valence-electron chi connectivity index (χ1n) is 5.47. The van der Waals surface area contributed by atoms with E-state index in [1.165, 1.54) is 6.42 Å². The molecular formula is C11H16BrClN2OS. The molecule has 1 saturated heterocycles. The maximum atomic E-state index is 12.2. The number of nitrogens with two attached hydrogens (primary N) is 1. The van der Waals surface area contributed by atoms with Crippen LogP contribution in [0.5, 0.6) is 0 Å². The number of amides is 1. The average Bonchev–Trinajstić information content (AvgIpc) is 2.75. The van der Waals surface area contributed by atoms with Gasteiger partial charge in [-0.05, 0) is 41.3 Å². The Balaban J connectivity index is 0.00000144. The summed E-state index contributed by atoms with van der Waals surface area (Å²) in [5, 5.41) is 1.90. The van der Waals surface area contributed by atoms with E-state index in [0.717, 1.165) is 28.7 Å². The second kappa shape index (κ2) is 6.73. The van der Waals surface area contributed by atoms with E-state index in [2.05, 4.69) is 15.9 Å². The van der Waals surface area contributed by atoms with Crippen LogP contribution >= 0.6 is 39.7 Å². The van der Waals surface area contributed by atoms with Gasteiger partial charge in [0.2, 0.25) is 0 Å². The Morgan fingerprint density at radius 3 is 2.94 bits per heavy atom. The van der Waals surface area contributed by atoms with Crippen LogP contribution in [0.3, 0.4) is 0 Å². The van der Waals surface area contributed by atoms with Crippen molar-refractivity contribution in [1.82, 2.24) is 4.90 Å². The number of nitrogens with zero attached hydrogens (tertiary/aromatic N) is 1. The summed E-state index contributed by atoms with van der Waals surface area (Å²) in [7, 11) is 0. The van der Waals surface area contributed by atoms with Crippen LogP contribution < -0.4 is 5.73 Å². The Labute approximate surface area is 120 Å². The van der Waals surface area contributed by atoms with Crippen LogP contribution in [0.15, 0.2) is 15.2 Å². The summed E-state index contributed by atoms with van der Waals surface area (Å²) in [5.74, 6) is 0.122. The smallest absolute Gasteiger partial charge is 0.255 e. The molecule has 96 valence electrons. The first-order chi connectivity index (χ1) is 7.72. The van der Waals surface area contributed by atoms with E-state index in [4.69, 9.17) is 5.73 Å². The first-order valence-corrected chi connectivity index (χ1v) is 7.14. The number of hydrogen-bond donors (Lipinski definition) is 1. The molecule has 0 aromatic carbocycles. The number of piperidine rings is 1. The summed E-state index contributed by atoms with van der Waals surface area (Å²) >= 11 is 4.92. The summed E-state index contributed by atoms with van der Waals surface area (Å²) in [4.78, 5) is 14.2. The van der Waals surface area contributed by atoms with Gasteiger partial charge in [0, 0.05) is 24.5 Å². The Bertz CT molecular complexity index is 385. The van der Waals surface area contributed by atoms with Crippen molar-refractivity contribution in [2.45, 2.75) is 25.3 Å². The maximum Gasteiger partial charge on any atom is 0.255 e. The van der Waals surface area contributed by atoms with Crippen molar-refractivity contribution < 1.29 is 4.79 Å². The minimum absolute atomic E-state index is 0. The number of carbonyl (C=O) groups excluding carboxylic acids is 1. The fourth-order valence-electron chi connectivity index (χ4n) is 2.10. The van der Waals surface area contributed by atoms with Crippen molar-refractivity contribution in [3.05, 3.63) is 20.8 Å². The standard InChI is InChI=1S/C11H15BrN2OS.ClH/c12-10-5-8(7-16-10)11(15)14-4-2-1-3-9(14)6-13;/h5,7,9H,1-4,6,13H2;1H. The van der Waals surface area contributed by atoms with Crippen LogP contribution in [0.1, 0.15) is 29.6 Å². The fourth-order valence-corrected chi connectivity index (χ4v) is 3.23. The molecule has 1 atom stereocenters. The molecule has 1 aliphatic heterocycles. The van der Waals surface area contributed by atoms with Crippen LogP contribution in [0.2, 0.25) is 0 Å². The molecule has 0 aliphatic carbocycles. The van der Waals surface area contributed by atoms with Gasteiger partial charge in [0.25, 0.3) is 5.91 Å². The van der Waals surface area contributed by atoms with Crippen molar-refractivity contribution in [3.63, 3.8) is 0 Å². The van der Waals surface area contributed by atoms with E-state index in [1.807, 2.05) is 16.3 Å². The van der Waals surface area contributed by atoms with Crippen LogP contribution in [-0.4, -0.2) is 29.9 Å². The monoisotopic (exact) mass is 338 g/mol. The third-order valence-corrected chi connectivity index (χ3v) is 4.48. The van der Waals surface area contributed by atoms with E-state index < -0.39 is 0 Å². The van der Waals surface area contributed by atoms with Gasteiger partial charge in [-0.25, -0.2) is 0 Å². The third-order valence-electron chi connectivity index (χ3n) is 2.97. The molecule has 0 saturated carbocycles. The zero-order valence-corrected chi connectivity index (χ0v) is 12.6. The molecule has 1 aromatic heterocycles. The van der Waals surface area contributed by atoms with Gasteiger partial charge in [-0.3, -0.25) is 4.79 Å². The van der Waals surface area contributed by atoms with Crippen molar-refractivity contribution in [1.29, 1.82) is 0 Å². The van der Waals surface area contributed by atoms with E-state index in [9.17, 15) is 4.79 Å². The first kappa shape index (κ1) is 15.0. The number of thiophene rings is 1. The SMILES string of the molecule is Cl.NCC1CCCCN1C(=O)c1csc(Br)c1. The highest BCUT2D eigenvalue weighted by Gasteiger charge is 2.26. The van der Waals surface area contributed by atoms with E-state index in [-0.39, 0.29) is 24.4 Å². The van der Waals surface area contributed by atoms with Gasteiger partial charge in [0.15, 0.2) is 0 Å². The van der Waals surface area contributed by atoms with Crippen LogP contribution in [0.4, 0.5) is 0 Å². The summed E-state index contributed by atoms with van der Waals surface area (Å²) < 4.78 is 0.997. The molecule has 0 radical (unpaired) electrons. The third kappa shape index (κ3) is 3.44. The summed E-state index contributed by atoms with van der Waals surface area (Å²) in [5.41, 5.74) is 6.49. The van der Waals surface area contributed by atoms with Crippen LogP contribution in [0.25, 0.3) is 0 Å². The topological polar surface area (TPSA) is 46.3 Å². The molecule has 6 heteroatoms. The molecule has 17 heavy (non-hydrogen) atoms.